The fourth-order valence-electron chi connectivity index (χ4n) is 2.13. The minimum Gasteiger partial charge on any atom is -0.342 e. The monoisotopic (exact) mass is 262 g/mol. The molecule has 0 aromatic heterocycles. The smallest absolute Gasteiger partial charge is 0.236 e. The van der Waals surface area contributed by atoms with E-state index in [2.05, 4.69) is 38.2 Å². The number of nitrogens with one attached hydrogen (secondary N) is 1. The highest BCUT2D eigenvalue weighted by atomic mass is 16.2. The van der Waals surface area contributed by atoms with Gasteiger partial charge in [0.05, 0.1) is 6.54 Å². The summed E-state index contributed by atoms with van der Waals surface area (Å²) < 4.78 is 0. The Morgan fingerprint density at radius 1 is 1.16 bits per heavy atom. The Labute approximate surface area is 117 Å². The number of amides is 1. The van der Waals surface area contributed by atoms with E-state index in [1.165, 1.54) is 11.1 Å². The van der Waals surface area contributed by atoms with E-state index in [1.54, 1.807) is 0 Å². The van der Waals surface area contributed by atoms with Crippen molar-refractivity contribution in [3.05, 3.63) is 35.4 Å². The van der Waals surface area contributed by atoms with Crippen molar-refractivity contribution in [2.75, 3.05) is 19.6 Å². The standard InChI is InChI=1S/C16H26N2O/c1-4-10-18(11-5-2)16(19)13-17-12-15-9-7-6-8-14(15)3/h6-9,17H,4-5,10-13H2,1-3H3. The topological polar surface area (TPSA) is 32.3 Å². The van der Waals surface area contributed by atoms with E-state index in [0.717, 1.165) is 32.5 Å². The molecule has 1 amide bonds. The molecular weight excluding hydrogens is 236 g/mol. The van der Waals surface area contributed by atoms with Crippen molar-refractivity contribution in [2.45, 2.75) is 40.2 Å². The van der Waals surface area contributed by atoms with Crippen LogP contribution in [0.15, 0.2) is 24.3 Å². The first-order valence-electron chi connectivity index (χ1n) is 7.22. The minimum absolute atomic E-state index is 0.206. The van der Waals surface area contributed by atoms with E-state index in [0.29, 0.717) is 6.54 Å². The number of carbonyl (C=O) groups excluding carboxylic acids is 1. The first-order chi connectivity index (χ1) is 9.19. The second kappa shape index (κ2) is 8.70. The fourth-order valence-corrected chi connectivity index (χ4v) is 2.13. The van der Waals surface area contributed by atoms with Crippen LogP contribution in [0.5, 0.6) is 0 Å². The molecule has 0 bridgehead atoms. The van der Waals surface area contributed by atoms with Crippen molar-refractivity contribution in [1.29, 1.82) is 0 Å². The van der Waals surface area contributed by atoms with Crippen LogP contribution >= 0.6 is 0 Å². The van der Waals surface area contributed by atoms with Gasteiger partial charge in [0, 0.05) is 19.6 Å². The van der Waals surface area contributed by atoms with Gasteiger partial charge in [0.2, 0.25) is 5.91 Å². The number of carbonyl (C=O) groups is 1. The molecule has 1 N–H and O–H groups in total. The number of hydrogen-bond donors (Lipinski definition) is 1. The molecule has 0 aliphatic rings. The number of benzene rings is 1. The third-order valence-corrected chi connectivity index (χ3v) is 3.19. The van der Waals surface area contributed by atoms with Crippen molar-refractivity contribution in [2.24, 2.45) is 0 Å². The highest BCUT2D eigenvalue weighted by molar-refractivity contribution is 5.78. The predicted octanol–water partition coefficient (Wildman–Crippen LogP) is 2.73. The van der Waals surface area contributed by atoms with Gasteiger partial charge >= 0.3 is 0 Å². The van der Waals surface area contributed by atoms with E-state index < -0.39 is 0 Å². The van der Waals surface area contributed by atoms with Gasteiger partial charge in [-0.3, -0.25) is 4.79 Å². The molecule has 1 aromatic carbocycles. The van der Waals surface area contributed by atoms with Gasteiger partial charge in [0.15, 0.2) is 0 Å². The molecular formula is C16H26N2O. The summed E-state index contributed by atoms with van der Waals surface area (Å²) in [5, 5.41) is 3.25. The number of rotatable bonds is 8. The highest BCUT2D eigenvalue weighted by Crippen LogP contribution is 2.06. The van der Waals surface area contributed by atoms with Gasteiger partial charge in [-0.25, -0.2) is 0 Å². The third kappa shape index (κ3) is 5.43. The van der Waals surface area contributed by atoms with Gasteiger partial charge in [-0.2, -0.15) is 0 Å². The molecule has 1 rings (SSSR count). The summed E-state index contributed by atoms with van der Waals surface area (Å²) in [7, 11) is 0. The van der Waals surface area contributed by atoms with Crippen LogP contribution in [0.25, 0.3) is 0 Å². The van der Waals surface area contributed by atoms with E-state index in [9.17, 15) is 4.79 Å². The second-order valence-electron chi connectivity index (χ2n) is 4.91. The molecule has 0 fully saturated rings. The Morgan fingerprint density at radius 2 is 1.79 bits per heavy atom. The molecule has 0 spiro atoms. The summed E-state index contributed by atoms with van der Waals surface area (Å²) in [6.45, 7) is 9.21. The first-order valence-corrected chi connectivity index (χ1v) is 7.22. The number of nitrogens with zero attached hydrogens (tertiary/aromatic N) is 1. The molecule has 0 unspecified atom stereocenters. The zero-order valence-electron chi connectivity index (χ0n) is 12.4. The minimum atomic E-state index is 0.206. The summed E-state index contributed by atoms with van der Waals surface area (Å²) in [6.07, 6.45) is 2.03. The lowest BCUT2D eigenvalue weighted by Gasteiger charge is -2.21. The van der Waals surface area contributed by atoms with E-state index in [4.69, 9.17) is 0 Å². The van der Waals surface area contributed by atoms with Crippen LogP contribution in [0, 0.1) is 6.92 Å². The molecule has 19 heavy (non-hydrogen) atoms. The van der Waals surface area contributed by atoms with Gasteiger partial charge in [0.1, 0.15) is 0 Å². The average molecular weight is 262 g/mol. The molecule has 0 aliphatic carbocycles. The summed E-state index contributed by atoms with van der Waals surface area (Å²) in [6, 6.07) is 8.27. The Kier molecular flexibility index (Phi) is 7.19. The quantitative estimate of drug-likeness (QED) is 0.781. The molecule has 0 heterocycles. The molecule has 3 heteroatoms. The SMILES string of the molecule is CCCN(CCC)C(=O)CNCc1ccccc1C. The van der Waals surface area contributed by atoms with Crippen LogP contribution in [0.2, 0.25) is 0 Å². The molecule has 3 nitrogen and oxygen atoms in total. The first kappa shape index (κ1) is 15.7. The maximum Gasteiger partial charge on any atom is 0.236 e. The lowest BCUT2D eigenvalue weighted by atomic mass is 10.1. The summed E-state index contributed by atoms with van der Waals surface area (Å²) in [5.74, 6) is 0.206. The van der Waals surface area contributed by atoms with Crippen LogP contribution in [-0.2, 0) is 11.3 Å². The van der Waals surface area contributed by atoms with Crippen molar-refractivity contribution < 1.29 is 4.79 Å². The Bertz CT molecular complexity index is 384. The lowest BCUT2D eigenvalue weighted by Crippen LogP contribution is -2.39. The van der Waals surface area contributed by atoms with Crippen LogP contribution in [0.3, 0.4) is 0 Å². The van der Waals surface area contributed by atoms with Crippen LogP contribution in [0.1, 0.15) is 37.8 Å². The maximum absolute atomic E-state index is 12.1. The zero-order valence-corrected chi connectivity index (χ0v) is 12.4. The Morgan fingerprint density at radius 3 is 2.37 bits per heavy atom. The molecule has 1 aromatic rings. The lowest BCUT2D eigenvalue weighted by molar-refractivity contribution is -0.130. The highest BCUT2D eigenvalue weighted by Gasteiger charge is 2.10. The summed E-state index contributed by atoms with van der Waals surface area (Å²) in [5.41, 5.74) is 2.52. The van der Waals surface area contributed by atoms with Gasteiger partial charge in [-0.1, -0.05) is 38.1 Å². The number of aryl methyl sites for hydroxylation is 1. The second-order valence-corrected chi connectivity index (χ2v) is 4.91. The average Bonchev–Trinajstić information content (AvgIpc) is 2.40. The Hall–Kier alpha value is -1.35. The van der Waals surface area contributed by atoms with E-state index >= 15 is 0 Å². The molecule has 0 saturated heterocycles. The van der Waals surface area contributed by atoms with Crippen LogP contribution in [-0.4, -0.2) is 30.4 Å². The molecule has 106 valence electrons. The van der Waals surface area contributed by atoms with E-state index in [1.807, 2.05) is 17.0 Å². The molecule has 0 aliphatic heterocycles. The summed E-state index contributed by atoms with van der Waals surface area (Å²) >= 11 is 0. The van der Waals surface area contributed by atoms with Gasteiger partial charge < -0.3 is 10.2 Å². The van der Waals surface area contributed by atoms with Crippen LogP contribution < -0.4 is 5.32 Å². The van der Waals surface area contributed by atoms with Crippen molar-refractivity contribution in [3.63, 3.8) is 0 Å². The van der Waals surface area contributed by atoms with Crippen molar-refractivity contribution >= 4 is 5.91 Å². The third-order valence-electron chi connectivity index (χ3n) is 3.19. The van der Waals surface area contributed by atoms with Crippen molar-refractivity contribution in [1.82, 2.24) is 10.2 Å². The summed E-state index contributed by atoms with van der Waals surface area (Å²) in [4.78, 5) is 14.0. The molecule has 0 atom stereocenters. The predicted molar refractivity (Wildman–Crippen MR) is 80.0 cm³/mol. The fraction of sp³-hybridized carbons (Fsp3) is 0.562. The van der Waals surface area contributed by atoms with E-state index in [-0.39, 0.29) is 5.91 Å². The van der Waals surface area contributed by atoms with Crippen molar-refractivity contribution in [3.8, 4) is 0 Å². The largest absolute Gasteiger partial charge is 0.342 e. The van der Waals surface area contributed by atoms with Crippen LogP contribution in [0.4, 0.5) is 0 Å². The molecule has 0 saturated carbocycles. The van der Waals surface area contributed by atoms with Gasteiger partial charge in [-0.05, 0) is 30.9 Å². The normalized spacial score (nSPS) is 10.5. The maximum atomic E-state index is 12.1. The number of hydrogen-bond acceptors (Lipinski definition) is 2. The van der Waals surface area contributed by atoms with Gasteiger partial charge in [0.25, 0.3) is 0 Å². The molecule has 0 radical (unpaired) electrons. The Balaban J connectivity index is 2.39. The van der Waals surface area contributed by atoms with Gasteiger partial charge in [-0.15, -0.1) is 0 Å². The zero-order chi connectivity index (χ0) is 14.1.